The Balaban J connectivity index is 2.53. The monoisotopic (exact) mass is 264 g/mol. The van der Waals surface area contributed by atoms with Crippen LogP contribution in [0.3, 0.4) is 0 Å². The fourth-order valence-electron chi connectivity index (χ4n) is 1.50. The molecule has 1 aromatic carbocycles. The third-order valence-electron chi connectivity index (χ3n) is 2.49. The quantitative estimate of drug-likeness (QED) is 0.454. The van der Waals surface area contributed by atoms with Crippen molar-refractivity contribution in [1.29, 1.82) is 0 Å². The maximum atomic E-state index is 11.8. The van der Waals surface area contributed by atoms with Crippen LogP contribution in [-0.4, -0.2) is 35.4 Å². The first-order valence-corrected chi connectivity index (χ1v) is 6.02. The molecule has 5 heteroatoms. The van der Waals surface area contributed by atoms with E-state index < -0.39 is 23.6 Å². The number of rotatable bonds is 7. The van der Waals surface area contributed by atoms with Crippen LogP contribution in [0.4, 0.5) is 0 Å². The zero-order valence-corrected chi connectivity index (χ0v) is 10.7. The Kier molecular flexibility index (Phi) is 5.89. The van der Waals surface area contributed by atoms with E-state index in [0.717, 1.165) is 0 Å². The smallest absolute Gasteiger partial charge is 0.306 e. The average Bonchev–Trinajstić information content (AvgIpc) is 2.44. The van der Waals surface area contributed by atoms with Gasteiger partial charge in [-0.1, -0.05) is 30.3 Å². The lowest BCUT2D eigenvalue weighted by Crippen LogP contribution is -2.30. The molecule has 0 aromatic heterocycles. The summed E-state index contributed by atoms with van der Waals surface area (Å²) in [5.41, 5.74) is 0.263. The van der Waals surface area contributed by atoms with Gasteiger partial charge < -0.3 is 9.84 Å². The van der Waals surface area contributed by atoms with Gasteiger partial charge in [-0.05, 0) is 6.92 Å². The number of esters is 1. The largest absolute Gasteiger partial charge is 0.466 e. The van der Waals surface area contributed by atoms with Gasteiger partial charge in [0.1, 0.15) is 0 Å². The van der Waals surface area contributed by atoms with Crippen molar-refractivity contribution in [2.24, 2.45) is 0 Å². The lowest BCUT2D eigenvalue weighted by atomic mass is 10.0. The molecule has 1 unspecified atom stereocenters. The molecule has 5 nitrogen and oxygen atoms in total. The van der Waals surface area contributed by atoms with E-state index in [1.807, 2.05) is 0 Å². The van der Waals surface area contributed by atoms with Gasteiger partial charge in [0.15, 0.2) is 17.7 Å². The Labute approximate surface area is 111 Å². The average molecular weight is 264 g/mol. The van der Waals surface area contributed by atoms with E-state index in [4.69, 9.17) is 0 Å². The van der Waals surface area contributed by atoms with Crippen LogP contribution in [0.2, 0.25) is 0 Å². The lowest BCUT2D eigenvalue weighted by Gasteiger charge is -2.08. The summed E-state index contributed by atoms with van der Waals surface area (Å²) in [5, 5.41) is 9.63. The minimum absolute atomic E-state index is 0.133. The number of hydrogen-bond donors (Lipinski definition) is 1. The van der Waals surface area contributed by atoms with Crippen molar-refractivity contribution in [2.75, 3.05) is 6.61 Å². The van der Waals surface area contributed by atoms with Crippen molar-refractivity contribution < 1.29 is 24.2 Å². The standard InChI is InChI=1S/C14H16O5/c1-2-19-12(16)9-8-11(15)14(18)13(17)10-6-4-3-5-7-10/h3-7,14,18H,2,8-9H2,1H3. The maximum Gasteiger partial charge on any atom is 0.306 e. The molecule has 0 spiro atoms. The molecule has 1 aromatic rings. The predicted octanol–water partition coefficient (Wildman–Crippen LogP) is 1.14. The summed E-state index contributed by atoms with van der Waals surface area (Å²) >= 11 is 0. The molecule has 0 heterocycles. The number of aliphatic hydroxyl groups excluding tert-OH is 1. The highest BCUT2D eigenvalue weighted by Gasteiger charge is 2.25. The molecule has 19 heavy (non-hydrogen) atoms. The Morgan fingerprint density at radius 2 is 1.79 bits per heavy atom. The van der Waals surface area contributed by atoms with E-state index in [-0.39, 0.29) is 25.0 Å². The second kappa shape index (κ2) is 7.43. The third-order valence-corrected chi connectivity index (χ3v) is 2.49. The number of benzene rings is 1. The van der Waals surface area contributed by atoms with Crippen molar-refractivity contribution in [2.45, 2.75) is 25.9 Å². The molecule has 0 saturated carbocycles. The number of carbonyl (C=O) groups is 3. The highest BCUT2D eigenvalue weighted by Crippen LogP contribution is 2.07. The van der Waals surface area contributed by atoms with E-state index in [1.54, 1.807) is 25.1 Å². The number of ether oxygens (including phenoxy) is 1. The van der Waals surface area contributed by atoms with Gasteiger partial charge >= 0.3 is 5.97 Å². The van der Waals surface area contributed by atoms with Crippen LogP contribution in [0, 0.1) is 0 Å². The van der Waals surface area contributed by atoms with Gasteiger partial charge in [-0.15, -0.1) is 0 Å². The fraction of sp³-hybridized carbons (Fsp3) is 0.357. The summed E-state index contributed by atoms with van der Waals surface area (Å²) < 4.78 is 4.66. The summed E-state index contributed by atoms with van der Waals surface area (Å²) in [6.45, 7) is 1.89. The van der Waals surface area contributed by atoms with Crippen LogP contribution < -0.4 is 0 Å². The topological polar surface area (TPSA) is 80.7 Å². The summed E-state index contributed by atoms with van der Waals surface area (Å²) in [7, 11) is 0. The van der Waals surface area contributed by atoms with Crippen LogP contribution >= 0.6 is 0 Å². The minimum atomic E-state index is -1.73. The first-order chi connectivity index (χ1) is 9.06. The molecule has 0 aliphatic rings. The number of aliphatic hydroxyl groups is 1. The Morgan fingerprint density at radius 1 is 1.16 bits per heavy atom. The van der Waals surface area contributed by atoms with E-state index >= 15 is 0 Å². The molecule has 0 aliphatic carbocycles. The van der Waals surface area contributed by atoms with E-state index in [1.165, 1.54) is 12.1 Å². The second-order valence-electron chi connectivity index (χ2n) is 3.90. The van der Waals surface area contributed by atoms with Crippen molar-refractivity contribution >= 4 is 17.5 Å². The molecule has 0 saturated heterocycles. The molecular formula is C14H16O5. The molecular weight excluding hydrogens is 248 g/mol. The summed E-state index contributed by atoms with van der Waals surface area (Å²) in [6, 6.07) is 8.05. The molecule has 1 rings (SSSR count). The van der Waals surface area contributed by atoms with Gasteiger partial charge in [-0.25, -0.2) is 0 Å². The molecule has 0 radical (unpaired) electrons. The molecule has 102 valence electrons. The molecule has 0 fully saturated rings. The zero-order valence-electron chi connectivity index (χ0n) is 10.7. The first kappa shape index (κ1) is 15.0. The SMILES string of the molecule is CCOC(=O)CCC(=O)C(O)C(=O)c1ccccc1. The molecule has 0 bridgehead atoms. The Morgan fingerprint density at radius 3 is 2.37 bits per heavy atom. The number of carbonyl (C=O) groups excluding carboxylic acids is 3. The fourth-order valence-corrected chi connectivity index (χ4v) is 1.50. The normalized spacial score (nSPS) is 11.7. The third kappa shape index (κ3) is 4.63. The van der Waals surface area contributed by atoms with Crippen LogP contribution in [0.15, 0.2) is 30.3 Å². The number of ketones is 2. The highest BCUT2D eigenvalue weighted by atomic mass is 16.5. The van der Waals surface area contributed by atoms with Gasteiger partial charge in [0, 0.05) is 12.0 Å². The van der Waals surface area contributed by atoms with Gasteiger partial charge in [0.05, 0.1) is 13.0 Å². The maximum absolute atomic E-state index is 11.8. The second-order valence-corrected chi connectivity index (χ2v) is 3.90. The van der Waals surface area contributed by atoms with Crippen molar-refractivity contribution in [3.8, 4) is 0 Å². The van der Waals surface area contributed by atoms with E-state index in [2.05, 4.69) is 4.74 Å². The van der Waals surface area contributed by atoms with Crippen LogP contribution in [0.25, 0.3) is 0 Å². The summed E-state index contributed by atoms with van der Waals surface area (Å²) in [5.74, 6) is -1.86. The lowest BCUT2D eigenvalue weighted by molar-refractivity contribution is -0.144. The number of hydrogen-bond acceptors (Lipinski definition) is 5. The van der Waals surface area contributed by atoms with Crippen LogP contribution in [0.1, 0.15) is 30.1 Å². The summed E-state index contributed by atoms with van der Waals surface area (Å²) in [6.07, 6.45) is -2.07. The predicted molar refractivity (Wildman–Crippen MR) is 67.7 cm³/mol. The Bertz CT molecular complexity index is 452. The molecule has 0 aliphatic heterocycles. The van der Waals surface area contributed by atoms with Gasteiger partial charge in [-0.2, -0.15) is 0 Å². The molecule has 0 amide bonds. The van der Waals surface area contributed by atoms with Crippen molar-refractivity contribution in [3.05, 3.63) is 35.9 Å². The van der Waals surface area contributed by atoms with Crippen LogP contribution in [0.5, 0.6) is 0 Å². The highest BCUT2D eigenvalue weighted by molar-refractivity contribution is 6.13. The van der Waals surface area contributed by atoms with Crippen LogP contribution in [-0.2, 0) is 14.3 Å². The Hall–Kier alpha value is -2.01. The zero-order chi connectivity index (χ0) is 14.3. The van der Waals surface area contributed by atoms with Gasteiger partial charge in [0.2, 0.25) is 0 Å². The first-order valence-electron chi connectivity index (χ1n) is 6.02. The van der Waals surface area contributed by atoms with Crippen molar-refractivity contribution in [1.82, 2.24) is 0 Å². The van der Waals surface area contributed by atoms with Crippen molar-refractivity contribution in [3.63, 3.8) is 0 Å². The number of Topliss-reactive ketones (excluding diaryl/α,β-unsaturated/α-hetero) is 2. The minimum Gasteiger partial charge on any atom is -0.466 e. The summed E-state index contributed by atoms with van der Waals surface area (Å²) in [4.78, 5) is 34.4. The molecule has 1 atom stereocenters. The van der Waals surface area contributed by atoms with Gasteiger partial charge in [-0.3, -0.25) is 14.4 Å². The molecule has 1 N–H and O–H groups in total. The van der Waals surface area contributed by atoms with E-state index in [0.29, 0.717) is 0 Å². The van der Waals surface area contributed by atoms with Gasteiger partial charge in [0.25, 0.3) is 0 Å². The van der Waals surface area contributed by atoms with E-state index in [9.17, 15) is 19.5 Å².